The number of hydrogen-bond donors (Lipinski definition) is 2. The van der Waals surface area contributed by atoms with E-state index in [1.165, 1.54) is 25.7 Å². The lowest BCUT2D eigenvalue weighted by Crippen LogP contribution is -2.61. The molecule has 5 nitrogen and oxygen atoms in total. The van der Waals surface area contributed by atoms with Crippen LogP contribution in [0, 0.1) is 182 Å². The summed E-state index contributed by atoms with van der Waals surface area (Å²) in [6.07, 6.45) is 13.4. The molecular weight excluding hydrogens is 592 g/mol. The van der Waals surface area contributed by atoms with Crippen LogP contribution in [0.25, 0.3) is 0 Å². The second kappa shape index (κ2) is 6.24. The fourth-order valence-corrected chi connectivity index (χ4v) is 27.5. The van der Waals surface area contributed by atoms with E-state index in [0.29, 0.717) is 23.7 Å². The number of rotatable bonds is 0. The van der Waals surface area contributed by atoms with E-state index in [2.05, 4.69) is 10.6 Å². The molecule has 30 unspecified atom stereocenters. The Labute approximate surface area is 282 Å². The van der Waals surface area contributed by atoms with Gasteiger partial charge in [-0.2, -0.15) is 0 Å². The van der Waals surface area contributed by atoms with Crippen molar-refractivity contribution in [3.05, 3.63) is 0 Å². The summed E-state index contributed by atoms with van der Waals surface area (Å²) in [6.45, 7) is 0. The van der Waals surface area contributed by atoms with Gasteiger partial charge >= 0.3 is 6.03 Å². The van der Waals surface area contributed by atoms with Crippen molar-refractivity contribution in [2.24, 2.45) is 182 Å². The van der Waals surface area contributed by atoms with E-state index in [-0.39, 0.29) is 22.6 Å². The van der Waals surface area contributed by atoms with Gasteiger partial charge in [-0.05, 0) is 223 Å². The van der Waals surface area contributed by atoms with Gasteiger partial charge in [0, 0.05) is 10.8 Å². The molecule has 2 N–H and O–H groups in total. The number of carbonyl (C=O) groups is 3. The minimum Gasteiger partial charge on any atom is -0.277 e. The highest BCUT2D eigenvalue weighted by Gasteiger charge is 3.09. The van der Waals surface area contributed by atoms with E-state index in [9.17, 15) is 4.79 Å². The molecule has 18 rings (SSSR count). The van der Waals surface area contributed by atoms with Gasteiger partial charge in [0.2, 0.25) is 11.8 Å². The standard InChI is InChI=1S/C43H48N2O3/c46-38-43(39(47)45-40(48)44-38)41-18-8-16-7-15-5-11-1-10-2-13-3-12-4-14-6-17(9-18)36-31-22(14)21(12)26-23(13)25-19(10)20(11)27-24(15)32(35(16)41)34-30(27)28(25)29(26)33(31)37(34)42(36,41)43/h10-37H,1-9H2,(H2,44,45,46,47,48). The smallest absolute Gasteiger partial charge is 0.277 e. The second-order valence-electron chi connectivity index (χ2n) is 23.4. The highest BCUT2D eigenvalue weighted by atomic mass is 16.2. The normalized spacial score (nSPS) is 80.5. The number of hydrogen-bond acceptors (Lipinski definition) is 3. The number of nitrogens with one attached hydrogen (secondary N) is 2. The van der Waals surface area contributed by atoms with Gasteiger partial charge in [0.05, 0.1) is 0 Å². The Balaban J connectivity index is 1.03. The molecule has 0 aromatic rings. The van der Waals surface area contributed by atoms with E-state index in [1.54, 1.807) is 32.1 Å². The molecule has 4 amide bonds. The summed E-state index contributed by atoms with van der Waals surface area (Å²) in [4.78, 5) is 43.4. The minimum atomic E-state index is -0.949. The van der Waals surface area contributed by atoms with Crippen LogP contribution >= 0.6 is 0 Å². The van der Waals surface area contributed by atoms with E-state index >= 15 is 9.59 Å². The lowest BCUT2D eigenvalue weighted by Gasteiger charge is -2.61. The predicted octanol–water partition coefficient (Wildman–Crippen LogP) is 5.31. The highest BCUT2D eigenvalue weighted by molar-refractivity contribution is 6.23. The minimum absolute atomic E-state index is 0.0861. The van der Waals surface area contributed by atoms with E-state index in [1.807, 2.05) is 0 Å². The predicted molar refractivity (Wildman–Crippen MR) is 168 cm³/mol. The highest BCUT2D eigenvalue weighted by Crippen LogP contribution is 3.06. The molecule has 0 radical (unpaired) electrons. The molecule has 0 bridgehead atoms. The average Bonchev–Trinajstić information content (AvgIpc) is 3.71. The third kappa shape index (κ3) is 1.64. The first-order chi connectivity index (χ1) is 23.5. The van der Waals surface area contributed by atoms with Crippen LogP contribution in [0.5, 0.6) is 0 Å². The van der Waals surface area contributed by atoms with Gasteiger partial charge in [-0.3, -0.25) is 20.2 Å². The second-order valence-corrected chi connectivity index (χ2v) is 23.4. The molecule has 17 saturated carbocycles. The lowest BCUT2D eigenvalue weighted by atomic mass is 9.43. The quantitative estimate of drug-likeness (QED) is 0.353. The molecule has 3 spiro atoms. The summed E-state index contributed by atoms with van der Waals surface area (Å²) in [7, 11) is 0. The first-order valence-corrected chi connectivity index (χ1v) is 21.7. The van der Waals surface area contributed by atoms with Crippen molar-refractivity contribution in [1.29, 1.82) is 0 Å². The maximum Gasteiger partial charge on any atom is 0.328 e. The summed E-state index contributed by atoms with van der Waals surface area (Å²) in [6, 6.07) is -0.524. The van der Waals surface area contributed by atoms with Crippen LogP contribution in [0.15, 0.2) is 0 Å². The van der Waals surface area contributed by atoms with Gasteiger partial charge in [0.15, 0.2) is 0 Å². The Bertz CT molecular complexity index is 1820. The van der Waals surface area contributed by atoms with Gasteiger partial charge in [-0.15, -0.1) is 0 Å². The Morgan fingerprint density at radius 1 is 0.354 bits per heavy atom. The maximum absolute atomic E-state index is 15.2. The molecule has 248 valence electrons. The van der Waals surface area contributed by atoms with Gasteiger partial charge in [0.1, 0.15) is 5.41 Å². The molecule has 0 aromatic carbocycles. The van der Waals surface area contributed by atoms with Gasteiger partial charge < -0.3 is 0 Å². The summed E-state index contributed by atoms with van der Waals surface area (Å²) in [5.74, 6) is 24.7. The third-order valence-corrected chi connectivity index (χ3v) is 25.0. The Morgan fingerprint density at radius 2 is 0.688 bits per heavy atom. The number of carbonyl (C=O) groups excluding carboxylic acids is 3. The fraction of sp³-hybridized carbons (Fsp3) is 0.930. The molecule has 18 aliphatic rings. The monoisotopic (exact) mass is 640 g/mol. The molecular formula is C43H48N2O3. The van der Waals surface area contributed by atoms with E-state index < -0.39 is 11.4 Å². The van der Waals surface area contributed by atoms with Gasteiger partial charge in [-0.1, -0.05) is 0 Å². The molecule has 1 aliphatic heterocycles. The van der Waals surface area contributed by atoms with E-state index in [4.69, 9.17) is 0 Å². The lowest BCUT2D eigenvalue weighted by molar-refractivity contribution is -0.153. The van der Waals surface area contributed by atoms with Crippen molar-refractivity contribution in [2.45, 2.75) is 57.8 Å². The summed E-state index contributed by atoms with van der Waals surface area (Å²) < 4.78 is 0. The molecule has 18 fully saturated rings. The molecule has 30 atom stereocenters. The summed E-state index contributed by atoms with van der Waals surface area (Å²) in [5.41, 5.74) is -1.23. The van der Waals surface area contributed by atoms with Crippen molar-refractivity contribution < 1.29 is 14.4 Å². The number of urea groups is 1. The molecule has 1 saturated heterocycles. The van der Waals surface area contributed by atoms with Crippen LogP contribution in [-0.4, -0.2) is 17.8 Å². The van der Waals surface area contributed by atoms with E-state index in [0.717, 1.165) is 142 Å². The third-order valence-electron chi connectivity index (χ3n) is 25.0. The molecule has 48 heavy (non-hydrogen) atoms. The zero-order chi connectivity index (χ0) is 30.2. The van der Waals surface area contributed by atoms with Crippen LogP contribution in [0.3, 0.4) is 0 Å². The van der Waals surface area contributed by atoms with Crippen molar-refractivity contribution in [2.75, 3.05) is 0 Å². The van der Waals surface area contributed by atoms with Crippen molar-refractivity contribution in [1.82, 2.24) is 10.6 Å². The van der Waals surface area contributed by atoms with Crippen LogP contribution in [-0.2, 0) is 9.59 Å². The molecule has 17 aliphatic carbocycles. The van der Waals surface area contributed by atoms with Crippen LogP contribution in [0.1, 0.15) is 57.8 Å². The molecule has 5 heteroatoms. The molecule has 1 heterocycles. The number of barbiturate groups is 1. The fourth-order valence-electron chi connectivity index (χ4n) is 27.5. The number of amides is 4. The zero-order valence-electron chi connectivity index (χ0n) is 27.8. The topological polar surface area (TPSA) is 75.3 Å². The summed E-state index contributed by atoms with van der Waals surface area (Å²) >= 11 is 0. The van der Waals surface area contributed by atoms with Crippen molar-refractivity contribution in [3.63, 3.8) is 0 Å². The van der Waals surface area contributed by atoms with Crippen LogP contribution in [0.4, 0.5) is 4.79 Å². The average molecular weight is 641 g/mol. The summed E-state index contributed by atoms with van der Waals surface area (Å²) in [5, 5.41) is 5.84. The van der Waals surface area contributed by atoms with Crippen molar-refractivity contribution in [3.8, 4) is 0 Å². The van der Waals surface area contributed by atoms with Gasteiger partial charge in [0.25, 0.3) is 0 Å². The Morgan fingerprint density at radius 3 is 1.19 bits per heavy atom. The maximum atomic E-state index is 15.2. The first-order valence-electron chi connectivity index (χ1n) is 21.7. The number of imide groups is 2. The molecule has 0 aromatic heterocycles. The van der Waals surface area contributed by atoms with Crippen LogP contribution in [0.2, 0.25) is 0 Å². The zero-order valence-corrected chi connectivity index (χ0v) is 27.8. The Hall–Kier alpha value is -1.39. The SMILES string of the molecule is O=C1NC(=O)C2(C(=O)N1)C13C4CC5CC6CC7CC8CC9CC%10CC%11CC(C4)C4C%12C%11C%10C%10C9C9C8C7C7C6C(C6C7C9C%10C%12C6C421)C53. The first kappa shape index (κ1) is 24.0. The Kier molecular flexibility index (Phi) is 3.12. The van der Waals surface area contributed by atoms with Crippen molar-refractivity contribution >= 4 is 17.8 Å². The van der Waals surface area contributed by atoms with Crippen LogP contribution < -0.4 is 10.6 Å². The largest absolute Gasteiger partial charge is 0.328 e. The van der Waals surface area contributed by atoms with Gasteiger partial charge in [-0.25, -0.2) is 4.79 Å².